The minimum Gasteiger partial charge on any atom is -0.331 e. The molecule has 0 atom stereocenters. The molecule has 2 heterocycles. The van der Waals surface area contributed by atoms with Crippen LogP contribution in [0.4, 0.5) is 0 Å². The van der Waals surface area contributed by atoms with E-state index in [9.17, 15) is 0 Å². The fourth-order valence-electron chi connectivity index (χ4n) is 4.59. The Balaban J connectivity index is 1.67. The number of nitrogens with one attached hydrogen (secondary N) is 1. The molecule has 0 bridgehead atoms. The summed E-state index contributed by atoms with van der Waals surface area (Å²) in [6.07, 6.45) is 12.3. The van der Waals surface area contributed by atoms with Gasteiger partial charge in [-0.25, -0.2) is 4.98 Å². The molecular weight excluding hydrogens is 258 g/mol. The van der Waals surface area contributed by atoms with E-state index in [0.717, 1.165) is 19.0 Å². The monoisotopic (exact) mass is 287 g/mol. The van der Waals surface area contributed by atoms with Gasteiger partial charge in [-0.2, -0.15) is 0 Å². The summed E-state index contributed by atoms with van der Waals surface area (Å²) in [7, 11) is 0. The average Bonchev–Trinajstić information content (AvgIpc) is 2.92. The van der Waals surface area contributed by atoms with Gasteiger partial charge in [-0.3, -0.25) is 0 Å². The highest BCUT2D eigenvalue weighted by atomic mass is 15.1. The number of fused-ring (bicyclic) bond motifs is 1. The second kappa shape index (κ2) is 5.42. The van der Waals surface area contributed by atoms with Crippen LogP contribution in [-0.4, -0.2) is 16.1 Å². The van der Waals surface area contributed by atoms with Gasteiger partial charge < -0.3 is 9.88 Å². The summed E-state index contributed by atoms with van der Waals surface area (Å²) < 4.78 is 2.69. The lowest BCUT2D eigenvalue weighted by atomic mass is 9.99. The van der Waals surface area contributed by atoms with Crippen LogP contribution in [0, 0.1) is 5.41 Å². The average molecular weight is 287 g/mol. The third-order valence-corrected chi connectivity index (χ3v) is 5.97. The highest BCUT2D eigenvalue weighted by Gasteiger charge is 2.43. The zero-order valence-electron chi connectivity index (χ0n) is 13.5. The first-order chi connectivity index (χ1) is 10.3. The number of nitrogens with zero attached hydrogens (tertiary/aromatic N) is 2. The van der Waals surface area contributed by atoms with E-state index in [1.54, 1.807) is 5.69 Å². The summed E-state index contributed by atoms with van der Waals surface area (Å²) in [4.78, 5) is 5.11. The van der Waals surface area contributed by atoms with Gasteiger partial charge in [-0.15, -0.1) is 0 Å². The maximum atomic E-state index is 5.11. The largest absolute Gasteiger partial charge is 0.331 e. The molecule has 1 N–H and O–H groups in total. The molecule has 4 rings (SSSR count). The molecule has 3 nitrogen and oxygen atoms in total. The summed E-state index contributed by atoms with van der Waals surface area (Å²) >= 11 is 0. The van der Waals surface area contributed by atoms with Crippen molar-refractivity contribution >= 4 is 0 Å². The van der Waals surface area contributed by atoms with E-state index in [2.05, 4.69) is 16.8 Å². The molecule has 0 saturated heterocycles. The number of hydrogen-bond acceptors (Lipinski definition) is 2. The molecule has 116 valence electrons. The third-order valence-electron chi connectivity index (χ3n) is 5.97. The van der Waals surface area contributed by atoms with E-state index < -0.39 is 0 Å². The van der Waals surface area contributed by atoms with Crippen LogP contribution >= 0.6 is 0 Å². The normalized spacial score (nSPS) is 24.2. The lowest BCUT2D eigenvalue weighted by molar-refractivity contribution is 0.368. The zero-order valence-corrected chi connectivity index (χ0v) is 13.5. The predicted molar refractivity (Wildman–Crippen MR) is 85.4 cm³/mol. The third kappa shape index (κ3) is 2.54. The molecule has 0 spiro atoms. The molecule has 21 heavy (non-hydrogen) atoms. The van der Waals surface area contributed by atoms with Gasteiger partial charge >= 0.3 is 0 Å². The van der Waals surface area contributed by atoms with Crippen molar-refractivity contribution in [1.29, 1.82) is 0 Å². The fourth-order valence-corrected chi connectivity index (χ4v) is 4.59. The highest BCUT2D eigenvalue weighted by Crippen LogP contribution is 2.52. The molecule has 1 aromatic heterocycles. The molecule has 1 aliphatic heterocycles. The van der Waals surface area contributed by atoms with Crippen LogP contribution in [-0.2, 0) is 19.5 Å². The summed E-state index contributed by atoms with van der Waals surface area (Å²) in [5.41, 5.74) is 3.55. The molecule has 2 saturated carbocycles. The molecule has 0 amide bonds. The Morgan fingerprint density at radius 2 is 2.10 bits per heavy atom. The van der Waals surface area contributed by atoms with Crippen molar-refractivity contribution in [2.75, 3.05) is 6.54 Å². The maximum absolute atomic E-state index is 5.11. The van der Waals surface area contributed by atoms with Crippen molar-refractivity contribution in [2.45, 2.75) is 83.7 Å². The summed E-state index contributed by atoms with van der Waals surface area (Å²) in [5, 5.41) is 3.50. The molecule has 1 aromatic rings. The van der Waals surface area contributed by atoms with E-state index in [-0.39, 0.29) is 0 Å². The van der Waals surface area contributed by atoms with E-state index in [1.807, 2.05) is 0 Å². The van der Waals surface area contributed by atoms with Crippen molar-refractivity contribution in [3.63, 3.8) is 0 Å². The Kier molecular flexibility index (Phi) is 3.56. The van der Waals surface area contributed by atoms with Gasteiger partial charge in [-0.1, -0.05) is 26.2 Å². The van der Waals surface area contributed by atoms with Gasteiger partial charge in [-0.05, 0) is 37.5 Å². The molecule has 0 aromatic carbocycles. The molecule has 0 radical (unpaired) electrons. The predicted octanol–water partition coefficient (Wildman–Crippen LogP) is 3.77. The lowest BCUT2D eigenvalue weighted by Crippen LogP contribution is -2.26. The van der Waals surface area contributed by atoms with Crippen molar-refractivity contribution < 1.29 is 0 Å². The lowest BCUT2D eigenvalue weighted by Gasteiger charge is -2.22. The number of rotatable bonds is 5. The molecule has 2 fully saturated rings. The first kappa shape index (κ1) is 13.8. The van der Waals surface area contributed by atoms with E-state index in [1.165, 1.54) is 75.9 Å². The van der Waals surface area contributed by atoms with Crippen LogP contribution in [0.5, 0.6) is 0 Å². The second-order valence-electron chi connectivity index (χ2n) is 7.61. The first-order valence-electron chi connectivity index (χ1n) is 9.10. The van der Waals surface area contributed by atoms with E-state index >= 15 is 0 Å². The second-order valence-corrected chi connectivity index (χ2v) is 7.61. The van der Waals surface area contributed by atoms with E-state index in [0.29, 0.717) is 5.41 Å². The Morgan fingerprint density at radius 3 is 2.81 bits per heavy atom. The van der Waals surface area contributed by atoms with Crippen LogP contribution in [0.1, 0.15) is 81.4 Å². The van der Waals surface area contributed by atoms with Gasteiger partial charge in [0.15, 0.2) is 0 Å². The van der Waals surface area contributed by atoms with Crippen LogP contribution in [0.2, 0.25) is 0 Å². The van der Waals surface area contributed by atoms with Crippen LogP contribution < -0.4 is 5.32 Å². The molecule has 0 unspecified atom stereocenters. The molecule has 3 aliphatic rings. The minimum absolute atomic E-state index is 0.626. The molecular formula is C18H29N3. The van der Waals surface area contributed by atoms with Crippen LogP contribution in [0.3, 0.4) is 0 Å². The standard InChI is InChI=1S/C18H29N3/c1-2-8-18(9-10-18)13-21-16-7-11-19-12-15(16)20-17(21)14-5-3-4-6-14/h14,19H,2-13H2,1H3. The van der Waals surface area contributed by atoms with Crippen LogP contribution in [0.25, 0.3) is 0 Å². The minimum atomic E-state index is 0.626. The maximum Gasteiger partial charge on any atom is 0.112 e. The summed E-state index contributed by atoms with van der Waals surface area (Å²) in [6, 6.07) is 0. The Hall–Kier alpha value is -0.830. The van der Waals surface area contributed by atoms with Gasteiger partial charge in [0, 0.05) is 37.7 Å². The van der Waals surface area contributed by atoms with E-state index in [4.69, 9.17) is 4.98 Å². The zero-order chi connectivity index (χ0) is 14.3. The SMILES string of the molecule is CCCC1(Cn2c(C3CCCC3)nc3c2CCNC3)CC1. The number of aromatic nitrogens is 2. The summed E-state index contributed by atoms with van der Waals surface area (Å²) in [5.74, 6) is 2.19. The summed E-state index contributed by atoms with van der Waals surface area (Å²) in [6.45, 7) is 5.71. The van der Waals surface area contributed by atoms with Crippen molar-refractivity contribution in [2.24, 2.45) is 5.41 Å². The smallest absolute Gasteiger partial charge is 0.112 e. The van der Waals surface area contributed by atoms with Gasteiger partial charge in [0.1, 0.15) is 5.82 Å². The Labute approximate surface area is 128 Å². The van der Waals surface area contributed by atoms with Gasteiger partial charge in [0.2, 0.25) is 0 Å². The molecule has 3 heteroatoms. The van der Waals surface area contributed by atoms with Crippen molar-refractivity contribution in [3.8, 4) is 0 Å². The van der Waals surface area contributed by atoms with Crippen molar-refractivity contribution in [3.05, 3.63) is 17.2 Å². The first-order valence-corrected chi connectivity index (χ1v) is 9.10. The topological polar surface area (TPSA) is 29.9 Å². The quantitative estimate of drug-likeness (QED) is 0.893. The van der Waals surface area contributed by atoms with Gasteiger partial charge in [0.25, 0.3) is 0 Å². The number of hydrogen-bond donors (Lipinski definition) is 1. The Morgan fingerprint density at radius 1 is 1.29 bits per heavy atom. The van der Waals surface area contributed by atoms with Gasteiger partial charge in [0.05, 0.1) is 5.69 Å². The number of imidazole rings is 1. The van der Waals surface area contributed by atoms with Crippen molar-refractivity contribution in [1.82, 2.24) is 14.9 Å². The Bertz CT molecular complexity index is 507. The fraction of sp³-hybridized carbons (Fsp3) is 0.833. The highest BCUT2D eigenvalue weighted by molar-refractivity contribution is 5.23. The molecule has 2 aliphatic carbocycles. The van der Waals surface area contributed by atoms with Crippen LogP contribution in [0.15, 0.2) is 0 Å².